The zero-order valence-corrected chi connectivity index (χ0v) is 42.3. The number of nitrogens with zero attached hydrogens (tertiary/aromatic N) is 1. The van der Waals surface area contributed by atoms with Crippen LogP contribution in [0.15, 0.2) is 273 Å². The van der Waals surface area contributed by atoms with E-state index in [1.165, 1.54) is 115 Å². The van der Waals surface area contributed by atoms with E-state index in [2.05, 4.69) is 271 Å². The molecule has 1 radical (unpaired) electrons. The molecule has 0 amide bonds. The fraction of sp³-hybridized carbons (Fsp3) is 0. The predicted octanol–water partition coefficient (Wildman–Crippen LogP) is 19.0. The summed E-state index contributed by atoms with van der Waals surface area (Å²) in [6.45, 7) is 0. The van der Waals surface area contributed by atoms with Crippen LogP contribution in [-0.4, -0.2) is 4.57 Å². The van der Waals surface area contributed by atoms with Crippen LogP contribution in [-0.2, 0) is 32.7 Å². The number of benzene rings is 13. The van der Waals surface area contributed by atoms with Gasteiger partial charge in [0, 0.05) is 49.2 Å². The average molecular weight is 989 g/mol. The van der Waals surface area contributed by atoms with Gasteiger partial charge >= 0.3 is 0 Å². The number of rotatable bonds is 6. The first-order valence-corrected chi connectivity index (χ1v) is 24.3. The second-order valence-electron chi connectivity index (χ2n) is 18.1. The van der Waals surface area contributed by atoms with Gasteiger partial charge in [0.1, 0.15) is 0 Å². The molecular formula is C70H45NY-2. The molecule has 72 heavy (non-hydrogen) atoms. The smallest absolute Gasteiger partial charge is 0.0541 e. The quantitative estimate of drug-likeness (QED) is 0.116. The van der Waals surface area contributed by atoms with E-state index in [1.54, 1.807) is 0 Å². The van der Waals surface area contributed by atoms with Gasteiger partial charge in [-0.1, -0.05) is 212 Å². The summed E-state index contributed by atoms with van der Waals surface area (Å²) in [4.78, 5) is 0. The van der Waals surface area contributed by atoms with Crippen LogP contribution in [0.5, 0.6) is 0 Å². The van der Waals surface area contributed by atoms with Crippen molar-refractivity contribution in [2.45, 2.75) is 0 Å². The molecule has 0 bridgehead atoms. The second kappa shape index (κ2) is 19.5. The van der Waals surface area contributed by atoms with Crippen LogP contribution in [0.3, 0.4) is 0 Å². The van der Waals surface area contributed by atoms with E-state index in [9.17, 15) is 0 Å². The molecule has 0 aliphatic rings. The van der Waals surface area contributed by atoms with Crippen molar-refractivity contribution in [3.05, 3.63) is 285 Å². The summed E-state index contributed by atoms with van der Waals surface area (Å²) < 4.78 is 2.38. The van der Waals surface area contributed by atoms with Gasteiger partial charge in [-0.25, -0.2) is 11.1 Å². The van der Waals surface area contributed by atoms with E-state index >= 15 is 0 Å². The molecule has 1 nitrogen and oxygen atoms in total. The van der Waals surface area contributed by atoms with Crippen LogP contribution in [0, 0.1) is 12.1 Å². The molecule has 0 unspecified atom stereocenters. The van der Waals surface area contributed by atoms with E-state index in [4.69, 9.17) is 0 Å². The van der Waals surface area contributed by atoms with Gasteiger partial charge in [0.25, 0.3) is 0 Å². The monoisotopic (exact) mass is 988 g/mol. The first-order chi connectivity index (χ1) is 35.3. The molecule has 0 saturated heterocycles. The molecule has 0 saturated carbocycles. The fourth-order valence-corrected chi connectivity index (χ4v) is 11.0. The Morgan fingerprint density at radius 2 is 0.556 bits per heavy atom. The summed E-state index contributed by atoms with van der Waals surface area (Å²) >= 11 is 0. The first-order valence-electron chi connectivity index (χ1n) is 24.3. The van der Waals surface area contributed by atoms with Crippen LogP contribution >= 0.6 is 0 Å². The van der Waals surface area contributed by atoms with Crippen molar-refractivity contribution in [3.8, 4) is 61.3 Å². The minimum atomic E-state index is 0. The maximum atomic E-state index is 3.50. The molecule has 0 aliphatic carbocycles. The second-order valence-corrected chi connectivity index (χ2v) is 18.1. The SMILES string of the molecule is [Y].[c-]1ccccc1-c1[c-]cc(-c2c3ccccc3c(-c3ccccc3)c3ccccc23)cc1.c1ccc(-c2c3ccccc3c(-c3ccc(-n4c5ccccc5c5ccccc54)cc3)c3ccccc23)cc1. The molecule has 0 N–H and O–H groups in total. The third kappa shape index (κ3) is 7.92. The third-order valence-electron chi connectivity index (χ3n) is 14.1. The minimum Gasteiger partial charge on any atom is -0.309 e. The summed E-state index contributed by atoms with van der Waals surface area (Å²) in [7, 11) is 0. The maximum absolute atomic E-state index is 3.50. The zero-order valence-electron chi connectivity index (χ0n) is 39.5. The average Bonchev–Trinajstić information content (AvgIpc) is 3.79. The molecule has 14 aromatic rings. The minimum absolute atomic E-state index is 0. The van der Waals surface area contributed by atoms with E-state index < -0.39 is 0 Å². The van der Waals surface area contributed by atoms with Gasteiger partial charge in [0.05, 0.1) is 11.0 Å². The molecule has 2 heteroatoms. The van der Waals surface area contributed by atoms with Crippen molar-refractivity contribution in [2.24, 2.45) is 0 Å². The van der Waals surface area contributed by atoms with Gasteiger partial charge < -0.3 is 4.57 Å². The summed E-state index contributed by atoms with van der Waals surface area (Å²) in [6.07, 6.45) is 0. The van der Waals surface area contributed by atoms with Crippen molar-refractivity contribution in [2.75, 3.05) is 0 Å². The zero-order chi connectivity index (χ0) is 47.1. The van der Waals surface area contributed by atoms with Crippen LogP contribution < -0.4 is 0 Å². The summed E-state index contributed by atoms with van der Waals surface area (Å²) in [6, 6.07) is 104. The van der Waals surface area contributed by atoms with Crippen LogP contribution in [0.2, 0.25) is 0 Å². The Hall–Kier alpha value is -8.20. The number of hydrogen-bond acceptors (Lipinski definition) is 0. The van der Waals surface area contributed by atoms with Crippen LogP contribution in [0.1, 0.15) is 0 Å². The molecule has 13 aromatic carbocycles. The molecule has 335 valence electrons. The van der Waals surface area contributed by atoms with Gasteiger partial charge in [0.2, 0.25) is 0 Å². The Morgan fingerprint density at radius 3 is 0.931 bits per heavy atom. The Balaban J connectivity index is 0.000000148. The third-order valence-corrected chi connectivity index (χ3v) is 14.1. The summed E-state index contributed by atoms with van der Waals surface area (Å²) in [5.41, 5.74) is 15.8. The molecule has 0 atom stereocenters. The predicted molar refractivity (Wildman–Crippen MR) is 302 cm³/mol. The van der Waals surface area contributed by atoms with Crippen molar-refractivity contribution in [3.63, 3.8) is 0 Å². The molecule has 1 aromatic heterocycles. The molecule has 0 spiro atoms. The van der Waals surface area contributed by atoms with Gasteiger partial charge in [-0.3, -0.25) is 0 Å². The molecule has 0 aliphatic heterocycles. The van der Waals surface area contributed by atoms with Gasteiger partial charge in [-0.15, -0.1) is 18.2 Å². The number of para-hydroxylation sites is 2. The van der Waals surface area contributed by atoms with Gasteiger partial charge in [-0.05, 0) is 106 Å². The Bertz CT molecular complexity index is 4070. The topological polar surface area (TPSA) is 4.93 Å². The normalized spacial score (nSPS) is 11.2. The van der Waals surface area contributed by atoms with Crippen molar-refractivity contribution < 1.29 is 32.7 Å². The first kappa shape index (κ1) is 45.0. The molecule has 14 rings (SSSR count). The summed E-state index contributed by atoms with van der Waals surface area (Å²) in [5, 5.41) is 12.7. The Morgan fingerprint density at radius 1 is 0.236 bits per heavy atom. The van der Waals surface area contributed by atoms with Gasteiger partial charge in [0.15, 0.2) is 0 Å². The summed E-state index contributed by atoms with van der Waals surface area (Å²) in [5.74, 6) is 0. The molecular weight excluding hydrogens is 944 g/mol. The number of aromatic nitrogens is 1. The maximum Gasteiger partial charge on any atom is 0.0541 e. The van der Waals surface area contributed by atoms with E-state index in [0.717, 1.165) is 11.1 Å². The number of hydrogen-bond donors (Lipinski definition) is 0. The van der Waals surface area contributed by atoms with Gasteiger partial charge in [-0.2, -0.15) is 36.4 Å². The standard InChI is InChI=1S/C38H25N.C32H20.Y/c1-2-12-26(13-3-1)37-31-16-4-6-18-33(31)38(34-19-7-5-17-32(34)37)27-22-24-28(25-23-27)39-35-20-10-8-14-29(35)30-15-9-11-21-36(30)39;1-3-11-23(12-4-1)24-19-21-26(22-20-24)32-29-17-9-7-15-27(29)31(25-13-5-2-6-14-25)28-16-8-10-18-30(28)32;/h1-25H;1-11,13-19,21-22H;/q;-2;. The Labute approximate surface area is 445 Å². The van der Waals surface area contributed by atoms with Crippen LogP contribution in [0.4, 0.5) is 0 Å². The van der Waals surface area contributed by atoms with E-state index in [1.807, 2.05) is 18.2 Å². The van der Waals surface area contributed by atoms with Crippen LogP contribution in [0.25, 0.3) is 126 Å². The fourth-order valence-electron chi connectivity index (χ4n) is 11.0. The van der Waals surface area contributed by atoms with Crippen molar-refractivity contribution >= 4 is 64.9 Å². The van der Waals surface area contributed by atoms with Crippen molar-refractivity contribution in [1.29, 1.82) is 0 Å². The Kier molecular flexibility index (Phi) is 12.2. The van der Waals surface area contributed by atoms with E-state index in [-0.39, 0.29) is 32.7 Å². The largest absolute Gasteiger partial charge is 0.309 e. The number of fused-ring (bicyclic) bond motifs is 7. The van der Waals surface area contributed by atoms with E-state index in [0.29, 0.717) is 0 Å². The molecule has 1 heterocycles. The molecule has 0 fully saturated rings. The van der Waals surface area contributed by atoms with Crippen molar-refractivity contribution in [1.82, 2.24) is 4.57 Å².